The number of amides is 2. The van der Waals surface area contributed by atoms with Crippen LogP contribution in [0.4, 0.5) is 10.5 Å². The molecule has 0 radical (unpaired) electrons. The number of thiazole rings is 1. The van der Waals surface area contributed by atoms with Crippen LogP contribution in [-0.2, 0) is 5.41 Å². The Balaban J connectivity index is 1.49. The number of carbonyl (C=O) groups is 1. The monoisotopic (exact) mass is 331 g/mol. The van der Waals surface area contributed by atoms with Gasteiger partial charge >= 0.3 is 6.03 Å². The molecular weight excluding hydrogens is 310 g/mol. The standard InChI is InChI=1S/C17H21N3O2S/c1-17(2,3)12-4-6-13(7-5-12)19-15(21)20-10-14(11-20)22-16-18-8-9-23-16/h4-9,14H,10-11H2,1-3H3,(H,19,21). The van der Waals surface area contributed by atoms with Gasteiger partial charge in [0.15, 0.2) is 0 Å². The van der Waals surface area contributed by atoms with Gasteiger partial charge in [-0.2, -0.15) is 0 Å². The molecule has 1 aromatic heterocycles. The molecule has 2 amide bonds. The second-order valence-corrected chi connectivity index (χ2v) is 7.56. The third-order valence-corrected chi connectivity index (χ3v) is 4.48. The number of nitrogens with zero attached hydrogens (tertiary/aromatic N) is 2. The molecule has 0 unspecified atom stereocenters. The highest BCUT2D eigenvalue weighted by Gasteiger charge is 2.32. The minimum Gasteiger partial charge on any atom is -0.463 e. The molecule has 23 heavy (non-hydrogen) atoms. The molecule has 2 heterocycles. The highest BCUT2D eigenvalue weighted by molar-refractivity contribution is 7.11. The molecule has 2 aromatic rings. The van der Waals surface area contributed by atoms with Crippen molar-refractivity contribution < 1.29 is 9.53 Å². The maximum atomic E-state index is 12.2. The maximum Gasteiger partial charge on any atom is 0.322 e. The van der Waals surface area contributed by atoms with Crippen molar-refractivity contribution in [1.82, 2.24) is 9.88 Å². The first kappa shape index (κ1) is 15.8. The van der Waals surface area contributed by atoms with E-state index in [1.165, 1.54) is 16.9 Å². The average molecular weight is 331 g/mol. The zero-order valence-electron chi connectivity index (χ0n) is 13.6. The Morgan fingerprint density at radius 2 is 2.00 bits per heavy atom. The van der Waals surface area contributed by atoms with Crippen molar-refractivity contribution in [3.8, 4) is 5.19 Å². The van der Waals surface area contributed by atoms with Gasteiger partial charge in [0.1, 0.15) is 6.10 Å². The summed E-state index contributed by atoms with van der Waals surface area (Å²) in [5.74, 6) is 0. The second kappa shape index (κ2) is 6.20. The van der Waals surface area contributed by atoms with Crippen LogP contribution >= 0.6 is 11.3 Å². The molecule has 1 N–H and O–H groups in total. The van der Waals surface area contributed by atoms with Crippen molar-refractivity contribution in [3.05, 3.63) is 41.4 Å². The van der Waals surface area contributed by atoms with Crippen LogP contribution < -0.4 is 10.1 Å². The molecule has 0 bridgehead atoms. The number of hydrogen-bond acceptors (Lipinski definition) is 4. The molecule has 0 spiro atoms. The van der Waals surface area contributed by atoms with Gasteiger partial charge in [0, 0.05) is 17.3 Å². The molecule has 1 fully saturated rings. The van der Waals surface area contributed by atoms with Crippen molar-refractivity contribution >= 4 is 23.1 Å². The summed E-state index contributed by atoms with van der Waals surface area (Å²) in [6.07, 6.45) is 1.75. The zero-order valence-corrected chi connectivity index (χ0v) is 14.4. The Labute approximate surface area is 140 Å². The number of nitrogens with one attached hydrogen (secondary N) is 1. The van der Waals surface area contributed by atoms with Crippen LogP contribution in [0.2, 0.25) is 0 Å². The van der Waals surface area contributed by atoms with E-state index in [0.717, 1.165) is 5.69 Å². The number of carbonyl (C=O) groups excluding carboxylic acids is 1. The summed E-state index contributed by atoms with van der Waals surface area (Å²) in [6.45, 7) is 7.69. The molecular formula is C17H21N3O2S. The lowest BCUT2D eigenvalue weighted by Gasteiger charge is -2.38. The van der Waals surface area contributed by atoms with Gasteiger partial charge in [-0.1, -0.05) is 44.2 Å². The fourth-order valence-electron chi connectivity index (χ4n) is 2.35. The topological polar surface area (TPSA) is 54.5 Å². The first-order chi connectivity index (χ1) is 10.9. The summed E-state index contributed by atoms with van der Waals surface area (Å²) < 4.78 is 5.66. The molecule has 1 saturated heterocycles. The van der Waals surface area contributed by atoms with Crippen LogP contribution in [0.25, 0.3) is 0 Å². The Hall–Kier alpha value is -2.08. The molecule has 1 aliphatic heterocycles. The first-order valence-corrected chi connectivity index (χ1v) is 8.52. The molecule has 5 nitrogen and oxygen atoms in total. The van der Waals surface area contributed by atoms with E-state index in [2.05, 4.69) is 43.2 Å². The van der Waals surface area contributed by atoms with E-state index >= 15 is 0 Å². The van der Waals surface area contributed by atoms with Gasteiger partial charge < -0.3 is 15.0 Å². The van der Waals surface area contributed by atoms with E-state index in [0.29, 0.717) is 18.3 Å². The number of anilines is 1. The molecule has 6 heteroatoms. The second-order valence-electron chi connectivity index (χ2n) is 6.70. The summed E-state index contributed by atoms with van der Waals surface area (Å²) in [5.41, 5.74) is 2.17. The largest absolute Gasteiger partial charge is 0.463 e. The predicted octanol–water partition coefficient (Wildman–Crippen LogP) is 3.74. The molecule has 0 saturated carbocycles. The molecule has 0 aliphatic carbocycles. The number of hydrogen-bond donors (Lipinski definition) is 1. The molecule has 0 atom stereocenters. The third-order valence-electron chi connectivity index (χ3n) is 3.81. The summed E-state index contributed by atoms with van der Waals surface area (Å²) in [7, 11) is 0. The van der Waals surface area contributed by atoms with E-state index in [9.17, 15) is 4.79 Å². The van der Waals surface area contributed by atoms with Crippen LogP contribution in [0.15, 0.2) is 35.8 Å². The smallest absolute Gasteiger partial charge is 0.322 e. The van der Waals surface area contributed by atoms with Crippen LogP contribution in [0.1, 0.15) is 26.3 Å². The van der Waals surface area contributed by atoms with Crippen LogP contribution in [-0.4, -0.2) is 35.1 Å². The van der Waals surface area contributed by atoms with E-state index < -0.39 is 0 Å². The van der Waals surface area contributed by atoms with Gasteiger partial charge in [-0.25, -0.2) is 9.78 Å². The van der Waals surface area contributed by atoms with Gasteiger partial charge in [-0.3, -0.25) is 0 Å². The van der Waals surface area contributed by atoms with Gasteiger partial charge in [0.2, 0.25) is 0 Å². The molecule has 1 aromatic carbocycles. The minimum absolute atomic E-state index is 0.0372. The fourth-order valence-corrected chi connectivity index (χ4v) is 2.90. The minimum atomic E-state index is -0.0903. The summed E-state index contributed by atoms with van der Waals surface area (Å²) in [5, 5.41) is 5.46. The van der Waals surface area contributed by atoms with E-state index in [-0.39, 0.29) is 17.6 Å². The number of benzene rings is 1. The van der Waals surface area contributed by atoms with Crippen LogP contribution in [0, 0.1) is 0 Å². The van der Waals surface area contributed by atoms with Gasteiger partial charge in [0.25, 0.3) is 5.19 Å². The highest BCUT2D eigenvalue weighted by atomic mass is 32.1. The Morgan fingerprint density at radius 1 is 1.30 bits per heavy atom. The lowest BCUT2D eigenvalue weighted by molar-refractivity contribution is 0.0491. The van der Waals surface area contributed by atoms with E-state index in [4.69, 9.17) is 4.74 Å². The van der Waals surface area contributed by atoms with Crippen molar-refractivity contribution in [2.45, 2.75) is 32.3 Å². The zero-order chi connectivity index (χ0) is 16.4. The van der Waals surface area contributed by atoms with Crippen molar-refractivity contribution in [2.75, 3.05) is 18.4 Å². The number of rotatable bonds is 3. The molecule has 122 valence electrons. The number of likely N-dealkylation sites (tertiary alicyclic amines) is 1. The summed E-state index contributed by atoms with van der Waals surface area (Å²) in [6, 6.07) is 7.91. The quantitative estimate of drug-likeness (QED) is 0.932. The number of aromatic nitrogens is 1. The predicted molar refractivity (Wildman–Crippen MR) is 92.3 cm³/mol. The average Bonchev–Trinajstić information content (AvgIpc) is 2.94. The summed E-state index contributed by atoms with van der Waals surface area (Å²) in [4.78, 5) is 18.0. The third kappa shape index (κ3) is 3.82. The fraction of sp³-hybridized carbons (Fsp3) is 0.412. The normalized spacial score (nSPS) is 15.2. The Bertz CT molecular complexity index is 656. The molecule has 3 rings (SSSR count). The highest BCUT2D eigenvalue weighted by Crippen LogP contribution is 2.24. The Kier molecular flexibility index (Phi) is 4.26. The van der Waals surface area contributed by atoms with Gasteiger partial charge in [0.05, 0.1) is 13.1 Å². The maximum absolute atomic E-state index is 12.2. The number of urea groups is 1. The summed E-state index contributed by atoms with van der Waals surface area (Å²) >= 11 is 1.46. The van der Waals surface area contributed by atoms with Crippen molar-refractivity contribution in [3.63, 3.8) is 0 Å². The van der Waals surface area contributed by atoms with E-state index in [1.54, 1.807) is 11.1 Å². The van der Waals surface area contributed by atoms with Gasteiger partial charge in [-0.15, -0.1) is 0 Å². The first-order valence-electron chi connectivity index (χ1n) is 7.64. The Morgan fingerprint density at radius 3 is 2.57 bits per heavy atom. The lowest BCUT2D eigenvalue weighted by Crippen LogP contribution is -2.57. The lowest BCUT2D eigenvalue weighted by atomic mass is 9.87. The SMILES string of the molecule is CC(C)(C)c1ccc(NC(=O)N2CC(Oc3nccs3)C2)cc1. The number of ether oxygens (including phenoxy) is 1. The van der Waals surface area contributed by atoms with Crippen molar-refractivity contribution in [1.29, 1.82) is 0 Å². The van der Waals surface area contributed by atoms with Crippen LogP contribution in [0.3, 0.4) is 0 Å². The van der Waals surface area contributed by atoms with Gasteiger partial charge in [-0.05, 0) is 23.1 Å². The van der Waals surface area contributed by atoms with Crippen LogP contribution in [0.5, 0.6) is 5.19 Å². The molecule has 1 aliphatic rings. The van der Waals surface area contributed by atoms with E-state index in [1.807, 2.05) is 17.5 Å². The van der Waals surface area contributed by atoms with Crippen molar-refractivity contribution in [2.24, 2.45) is 0 Å².